The van der Waals surface area contributed by atoms with E-state index in [2.05, 4.69) is 18.2 Å². The molecule has 0 spiro atoms. The summed E-state index contributed by atoms with van der Waals surface area (Å²) in [5.41, 5.74) is 1.94. The Kier molecular flexibility index (Phi) is 2.63. The molecule has 1 heterocycles. The first-order valence-corrected chi connectivity index (χ1v) is 8.38. The Morgan fingerprint density at radius 3 is 2.59 bits per heavy atom. The topological polar surface area (TPSA) is 26.3 Å². The van der Waals surface area contributed by atoms with Crippen molar-refractivity contribution in [2.24, 2.45) is 0 Å². The van der Waals surface area contributed by atoms with Crippen LogP contribution in [0.2, 0.25) is 0 Å². The normalized spacial score (nSPS) is 15.6. The Labute approximate surface area is 108 Å². The van der Waals surface area contributed by atoms with Gasteiger partial charge in [0.25, 0.3) is 0 Å². The molecule has 0 amide bonds. The van der Waals surface area contributed by atoms with Crippen molar-refractivity contribution in [3.63, 3.8) is 0 Å². The van der Waals surface area contributed by atoms with Crippen molar-refractivity contribution >= 4 is 26.2 Å². The number of carbonyl (C=O) groups excluding carboxylic acids is 1. The summed E-state index contributed by atoms with van der Waals surface area (Å²) in [6.45, 7) is 2.04. The summed E-state index contributed by atoms with van der Waals surface area (Å²) in [5, 5.41) is 0. The van der Waals surface area contributed by atoms with Gasteiger partial charge in [-0.3, -0.25) is 0 Å². The van der Waals surface area contributed by atoms with Gasteiger partial charge >= 0.3 is 108 Å². The van der Waals surface area contributed by atoms with Crippen molar-refractivity contribution in [1.29, 1.82) is 0 Å². The average molecular weight is 338 g/mol. The van der Waals surface area contributed by atoms with Crippen molar-refractivity contribution in [2.75, 3.05) is 0 Å². The number of hydrogen-bond donors (Lipinski definition) is 0. The van der Waals surface area contributed by atoms with Crippen molar-refractivity contribution in [1.82, 2.24) is 0 Å². The molecule has 0 saturated heterocycles. The van der Waals surface area contributed by atoms with Crippen LogP contribution in [0, 0.1) is 14.1 Å². The molecule has 0 saturated carbocycles. The molecule has 0 atom stereocenters. The van der Waals surface area contributed by atoms with Crippen LogP contribution in [-0.4, -0.2) is 5.97 Å². The second-order valence-corrected chi connectivity index (χ2v) is 8.16. The summed E-state index contributed by atoms with van der Waals surface area (Å²) in [6.07, 6.45) is 0. The number of carbonyl (C=O) groups is 1. The Morgan fingerprint density at radius 1 is 1.06 bits per heavy atom. The Bertz CT molecular complexity index is 578. The van der Waals surface area contributed by atoms with E-state index in [0.717, 1.165) is 9.13 Å². The molecular formula is C14H11IO2. The zero-order chi connectivity index (χ0) is 11.8. The summed E-state index contributed by atoms with van der Waals surface area (Å²) >= 11 is -1.97. The van der Waals surface area contributed by atoms with Crippen molar-refractivity contribution < 1.29 is 7.86 Å². The van der Waals surface area contributed by atoms with E-state index in [9.17, 15) is 4.79 Å². The molecule has 1 aliphatic heterocycles. The SMILES string of the molecule is Cc1ccc2c(c1)I(c1ccccc1)OC2=O. The van der Waals surface area contributed by atoms with Gasteiger partial charge in [0.15, 0.2) is 0 Å². The average Bonchev–Trinajstić information content (AvgIpc) is 2.67. The summed E-state index contributed by atoms with van der Waals surface area (Å²) in [7, 11) is 0. The molecule has 2 aromatic carbocycles. The molecule has 0 aromatic heterocycles. The number of fused-ring (bicyclic) bond motifs is 1. The van der Waals surface area contributed by atoms with Crippen LogP contribution in [0.4, 0.5) is 0 Å². The fraction of sp³-hybridized carbons (Fsp3) is 0.0714. The number of hydrogen-bond acceptors (Lipinski definition) is 2. The van der Waals surface area contributed by atoms with Crippen LogP contribution in [0.25, 0.3) is 0 Å². The number of benzene rings is 2. The minimum absolute atomic E-state index is 0.158. The molecule has 0 bridgehead atoms. The summed E-state index contributed by atoms with van der Waals surface area (Å²) in [5.74, 6) is -0.158. The van der Waals surface area contributed by atoms with E-state index in [1.54, 1.807) is 0 Å². The van der Waals surface area contributed by atoms with Gasteiger partial charge in [0, 0.05) is 0 Å². The van der Waals surface area contributed by atoms with E-state index in [0.29, 0.717) is 0 Å². The third-order valence-electron chi connectivity index (χ3n) is 2.61. The summed E-state index contributed by atoms with van der Waals surface area (Å²) in [6, 6.07) is 16.0. The predicted molar refractivity (Wildman–Crippen MR) is 74.5 cm³/mol. The third kappa shape index (κ3) is 1.84. The molecule has 0 fully saturated rings. The van der Waals surface area contributed by atoms with Gasteiger partial charge in [-0.15, -0.1) is 0 Å². The van der Waals surface area contributed by atoms with Crippen LogP contribution >= 0.6 is 20.2 Å². The Hall–Kier alpha value is -1.36. The van der Waals surface area contributed by atoms with Crippen LogP contribution in [-0.2, 0) is 3.07 Å². The molecule has 2 aromatic rings. The van der Waals surface area contributed by atoms with Crippen LogP contribution in [0.1, 0.15) is 15.9 Å². The van der Waals surface area contributed by atoms with E-state index < -0.39 is 20.2 Å². The quantitative estimate of drug-likeness (QED) is 0.743. The summed E-state index contributed by atoms with van der Waals surface area (Å²) in [4.78, 5) is 11.8. The number of rotatable bonds is 1. The molecular weight excluding hydrogens is 327 g/mol. The maximum absolute atomic E-state index is 11.8. The fourth-order valence-corrected chi connectivity index (χ4v) is 6.34. The van der Waals surface area contributed by atoms with Crippen molar-refractivity contribution in [3.05, 3.63) is 66.8 Å². The van der Waals surface area contributed by atoms with E-state index in [1.807, 2.05) is 37.3 Å². The zero-order valence-corrected chi connectivity index (χ0v) is 11.5. The molecule has 2 nitrogen and oxygen atoms in total. The maximum atomic E-state index is 11.8. The Morgan fingerprint density at radius 2 is 1.82 bits per heavy atom. The standard InChI is InChI=1S/C14H11IO2/c1-10-7-8-12-13(9-10)15(17-14(12)16)11-5-3-2-4-6-11/h2-9H,1H3. The van der Waals surface area contributed by atoms with Gasteiger partial charge in [-0.05, 0) is 0 Å². The van der Waals surface area contributed by atoms with Crippen LogP contribution in [0.5, 0.6) is 0 Å². The van der Waals surface area contributed by atoms with Gasteiger partial charge in [-0.25, -0.2) is 0 Å². The second kappa shape index (κ2) is 4.14. The second-order valence-electron chi connectivity index (χ2n) is 3.89. The van der Waals surface area contributed by atoms with Crippen LogP contribution in [0.15, 0.2) is 48.5 Å². The number of halogens is 1. The molecule has 1 aliphatic rings. The molecule has 3 rings (SSSR count). The van der Waals surface area contributed by atoms with E-state index in [-0.39, 0.29) is 5.97 Å². The van der Waals surface area contributed by atoms with Crippen LogP contribution < -0.4 is 0 Å². The van der Waals surface area contributed by atoms with E-state index in [4.69, 9.17) is 3.07 Å². The van der Waals surface area contributed by atoms with Crippen molar-refractivity contribution in [3.8, 4) is 0 Å². The molecule has 17 heavy (non-hydrogen) atoms. The summed E-state index contributed by atoms with van der Waals surface area (Å²) < 4.78 is 7.90. The van der Waals surface area contributed by atoms with Crippen LogP contribution in [0.3, 0.4) is 0 Å². The fourth-order valence-electron chi connectivity index (χ4n) is 1.77. The molecule has 0 N–H and O–H groups in total. The third-order valence-corrected chi connectivity index (χ3v) is 7.25. The zero-order valence-electron chi connectivity index (χ0n) is 9.31. The first-order chi connectivity index (χ1) is 8.25. The minimum atomic E-state index is -1.97. The van der Waals surface area contributed by atoms with Gasteiger partial charge in [0.05, 0.1) is 0 Å². The van der Waals surface area contributed by atoms with E-state index in [1.165, 1.54) is 9.13 Å². The first-order valence-electron chi connectivity index (χ1n) is 5.34. The van der Waals surface area contributed by atoms with Gasteiger partial charge < -0.3 is 0 Å². The van der Waals surface area contributed by atoms with Crippen molar-refractivity contribution in [2.45, 2.75) is 6.92 Å². The molecule has 0 unspecified atom stereocenters. The van der Waals surface area contributed by atoms with Gasteiger partial charge in [0.2, 0.25) is 0 Å². The molecule has 86 valence electrons. The monoisotopic (exact) mass is 338 g/mol. The molecule has 0 aliphatic carbocycles. The molecule has 0 radical (unpaired) electrons. The van der Waals surface area contributed by atoms with Gasteiger partial charge in [0.1, 0.15) is 0 Å². The van der Waals surface area contributed by atoms with E-state index >= 15 is 0 Å². The first kappa shape index (κ1) is 10.8. The Balaban J connectivity index is 2.13. The molecule has 3 heteroatoms. The van der Waals surface area contributed by atoms with Gasteiger partial charge in [-0.1, -0.05) is 0 Å². The predicted octanol–water partition coefficient (Wildman–Crippen LogP) is 3.63. The number of aryl methyl sites for hydroxylation is 1. The van der Waals surface area contributed by atoms with Gasteiger partial charge in [-0.2, -0.15) is 0 Å².